The van der Waals surface area contributed by atoms with Crippen LogP contribution in [0.3, 0.4) is 0 Å². The van der Waals surface area contributed by atoms with Crippen LogP contribution in [0.2, 0.25) is 0 Å². The van der Waals surface area contributed by atoms with Crippen LogP contribution in [0.25, 0.3) is 0 Å². The Labute approximate surface area is 108 Å². The summed E-state index contributed by atoms with van der Waals surface area (Å²) in [6.07, 6.45) is 1.21. The minimum Gasteiger partial charge on any atom is -0.504 e. The van der Waals surface area contributed by atoms with Crippen LogP contribution in [0.1, 0.15) is 12.5 Å². The van der Waals surface area contributed by atoms with Crippen LogP contribution >= 0.6 is 0 Å². The Morgan fingerprint density at radius 3 is 2.61 bits per heavy atom. The highest BCUT2D eigenvalue weighted by Crippen LogP contribution is 2.26. The number of rotatable bonds is 6. The average molecular weight is 273 g/mol. The Hall–Kier alpha value is -1.27. The van der Waals surface area contributed by atoms with Crippen LogP contribution in [0, 0.1) is 0 Å². The maximum absolute atomic E-state index is 11.1. The van der Waals surface area contributed by atoms with Gasteiger partial charge in [-0.15, -0.1) is 0 Å². The molecule has 0 aliphatic heterocycles. The van der Waals surface area contributed by atoms with Gasteiger partial charge in [-0.05, 0) is 24.6 Å². The summed E-state index contributed by atoms with van der Waals surface area (Å²) in [5.41, 5.74) is 0.869. The number of benzene rings is 1. The van der Waals surface area contributed by atoms with Crippen molar-refractivity contribution in [3.63, 3.8) is 0 Å². The quantitative estimate of drug-likeness (QED) is 0.806. The van der Waals surface area contributed by atoms with Gasteiger partial charge in [-0.1, -0.05) is 6.07 Å². The van der Waals surface area contributed by atoms with Crippen LogP contribution in [-0.2, 0) is 16.4 Å². The lowest BCUT2D eigenvalue weighted by molar-refractivity contribution is 0.373. The van der Waals surface area contributed by atoms with Gasteiger partial charge in [-0.2, -0.15) is 0 Å². The fraction of sp³-hybridized carbons (Fsp3) is 0.500. The van der Waals surface area contributed by atoms with Crippen LogP contribution in [-0.4, -0.2) is 38.7 Å². The number of ether oxygens (including phenoxy) is 1. The van der Waals surface area contributed by atoms with Gasteiger partial charge in [0.15, 0.2) is 11.5 Å². The lowest BCUT2D eigenvalue weighted by Crippen LogP contribution is -2.32. The van der Waals surface area contributed by atoms with Crippen LogP contribution in [0.15, 0.2) is 18.2 Å². The van der Waals surface area contributed by atoms with Gasteiger partial charge in [0.1, 0.15) is 9.84 Å². The van der Waals surface area contributed by atoms with E-state index in [9.17, 15) is 13.5 Å². The van der Waals surface area contributed by atoms with E-state index in [4.69, 9.17) is 4.74 Å². The van der Waals surface area contributed by atoms with Crippen molar-refractivity contribution in [1.29, 1.82) is 0 Å². The zero-order valence-electron chi connectivity index (χ0n) is 10.8. The minimum atomic E-state index is -2.98. The first-order valence-corrected chi connectivity index (χ1v) is 7.65. The summed E-state index contributed by atoms with van der Waals surface area (Å²) in [5, 5.41) is 12.7. The summed E-state index contributed by atoms with van der Waals surface area (Å²) >= 11 is 0. The summed E-state index contributed by atoms with van der Waals surface area (Å²) < 4.78 is 27.1. The van der Waals surface area contributed by atoms with Gasteiger partial charge < -0.3 is 15.2 Å². The molecule has 0 saturated heterocycles. The molecule has 6 heteroatoms. The van der Waals surface area contributed by atoms with E-state index in [1.54, 1.807) is 12.1 Å². The molecule has 1 rings (SSSR count). The van der Waals surface area contributed by atoms with Crippen molar-refractivity contribution in [2.45, 2.75) is 19.5 Å². The minimum absolute atomic E-state index is 0.0765. The summed E-state index contributed by atoms with van der Waals surface area (Å²) in [6, 6.07) is 4.95. The molecule has 0 saturated carbocycles. The van der Waals surface area contributed by atoms with E-state index in [-0.39, 0.29) is 17.5 Å². The number of aromatic hydroxyl groups is 1. The molecule has 0 aromatic heterocycles. The summed E-state index contributed by atoms with van der Waals surface area (Å²) in [6.45, 7) is 2.30. The van der Waals surface area contributed by atoms with Crippen molar-refractivity contribution in [3.05, 3.63) is 23.8 Å². The second-order valence-electron chi connectivity index (χ2n) is 4.38. The third kappa shape index (κ3) is 4.93. The van der Waals surface area contributed by atoms with Crippen molar-refractivity contribution >= 4 is 9.84 Å². The number of methoxy groups -OCH3 is 1. The highest BCUT2D eigenvalue weighted by molar-refractivity contribution is 7.90. The summed E-state index contributed by atoms with van der Waals surface area (Å²) in [7, 11) is -1.49. The number of hydrogen-bond acceptors (Lipinski definition) is 5. The molecular weight excluding hydrogens is 254 g/mol. The summed E-state index contributed by atoms with van der Waals surface area (Å²) in [5.74, 6) is 0.588. The van der Waals surface area contributed by atoms with Crippen LogP contribution < -0.4 is 10.1 Å². The topological polar surface area (TPSA) is 75.6 Å². The maximum Gasteiger partial charge on any atom is 0.160 e. The van der Waals surface area contributed by atoms with Crippen LogP contribution in [0.4, 0.5) is 0 Å². The largest absolute Gasteiger partial charge is 0.504 e. The van der Waals surface area contributed by atoms with Gasteiger partial charge in [0.25, 0.3) is 0 Å². The smallest absolute Gasteiger partial charge is 0.160 e. The summed E-state index contributed by atoms with van der Waals surface area (Å²) in [4.78, 5) is 0. The molecule has 0 aliphatic rings. The molecule has 5 nitrogen and oxygen atoms in total. The van der Waals surface area contributed by atoms with Crippen LogP contribution in [0.5, 0.6) is 11.5 Å². The van der Waals surface area contributed by atoms with Gasteiger partial charge in [0.05, 0.1) is 12.9 Å². The van der Waals surface area contributed by atoms with E-state index in [1.165, 1.54) is 13.4 Å². The lowest BCUT2D eigenvalue weighted by atomic mass is 10.2. The van der Waals surface area contributed by atoms with E-state index < -0.39 is 9.84 Å². The van der Waals surface area contributed by atoms with E-state index >= 15 is 0 Å². The van der Waals surface area contributed by atoms with Gasteiger partial charge in [0.2, 0.25) is 0 Å². The predicted octanol–water partition coefficient (Wildman–Crippen LogP) is 0.923. The van der Waals surface area contributed by atoms with Gasteiger partial charge in [-0.3, -0.25) is 0 Å². The van der Waals surface area contributed by atoms with E-state index in [1.807, 2.05) is 13.0 Å². The molecule has 0 bridgehead atoms. The van der Waals surface area contributed by atoms with E-state index in [0.717, 1.165) is 5.56 Å². The van der Waals surface area contributed by atoms with Crippen molar-refractivity contribution in [1.82, 2.24) is 5.32 Å². The second-order valence-corrected chi connectivity index (χ2v) is 6.57. The molecule has 1 aromatic carbocycles. The first-order chi connectivity index (χ1) is 8.31. The molecular formula is C12H19NO4S. The number of hydrogen-bond donors (Lipinski definition) is 2. The average Bonchev–Trinajstić information content (AvgIpc) is 2.24. The first-order valence-electron chi connectivity index (χ1n) is 5.59. The Morgan fingerprint density at radius 1 is 1.44 bits per heavy atom. The molecule has 0 amide bonds. The SMILES string of the molecule is COc1ccc(CNC(C)CS(C)(=O)=O)cc1O. The lowest BCUT2D eigenvalue weighted by Gasteiger charge is -2.13. The standard InChI is InChI=1S/C12H19NO4S/c1-9(8-18(3,15)16)13-7-10-4-5-12(17-2)11(14)6-10/h4-6,9,13-14H,7-8H2,1-3H3. The molecule has 18 heavy (non-hydrogen) atoms. The zero-order valence-corrected chi connectivity index (χ0v) is 11.6. The molecule has 0 heterocycles. The number of phenolic OH excluding ortho intramolecular Hbond substituents is 1. The third-order valence-electron chi connectivity index (χ3n) is 2.45. The van der Waals surface area contributed by atoms with Crippen molar-refractivity contribution in [2.24, 2.45) is 0 Å². The molecule has 0 spiro atoms. The van der Waals surface area contributed by atoms with E-state index in [2.05, 4.69) is 5.32 Å². The highest BCUT2D eigenvalue weighted by atomic mass is 32.2. The predicted molar refractivity (Wildman–Crippen MR) is 70.7 cm³/mol. The number of phenols is 1. The molecule has 0 radical (unpaired) electrons. The van der Waals surface area contributed by atoms with Crippen molar-refractivity contribution in [3.8, 4) is 11.5 Å². The fourth-order valence-electron chi connectivity index (χ4n) is 1.65. The van der Waals surface area contributed by atoms with Gasteiger partial charge >= 0.3 is 0 Å². The first kappa shape index (κ1) is 14.8. The Balaban J connectivity index is 2.56. The molecule has 1 unspecified atom stereocenters. The van der Waals surface area contributed by atoms with E-state index in [0.29, 0.717) is 12.3 Å². The monoisotopic (exact) mass is 273 g/mol. The van der Waals surface area contributed by atoms with Crippen molar-refractivity contribution in [2.75, 3.05) is 19.1 Å². The number of nitrogens with one attached hydrogen (secondary N) is 1. The molecule has 2 N–H and O–H groups in total. The second kappa shape index (κ2) is 6.06. The Bertz CT molecular complexity index is 499. The van der Waals surface area contributed by atoms with Gasteiger partial charge in [-0.25, -0.2) is 8.42 Å². The normalized spacial score (nSPS) is 13.3. The van der Waals surface area contributed by atoms with Gasteiger partial charge in [0, 0.05) is 18.8 Å². The Morgan fingerprint density at radius 2 is 2.11 bits per heavy atom. The van der Waals surface area contributed by atoms with Crippen molar-refractivity contribution < 1.29 is 18.3 Å². The Kier molecular flexibility index (Phi) is 4.98. The molecule has 0 fully saturated rings. The molecule has 1 atom stereocenters. The third-order valence-corrected chi connectivity index (χ3v) is 3.56. The molecule has 0 aliphatic carbocycles. The fourth-order valence-corrected chi connectivity index (χ4v) is 2.68. The molecule has 1 aromatic rings. The zero-order chi connectivity index (χ0) is 13.8. The highest BCUT2D eigenvalue weighted by Gasteiger charge is 2.10. The number of sulfone groups is 1. The maximum atomic E-state index is 11.1. The molecule has 102 valence electrons.